The van der Waals surface area contributed by atoms with Gasteiger partial charge in [-0.2, -0.15) is 13.2 Å². The average molecular weight is 495 g/mol. The second-order valence-corrected chi connectivity index (χ2v) is 8.49. The van der Waals surface area contributed by atoms with Gasteiger partial charge in [-0.15, -0.1) is 0 Å². The summed E-state index contributed by atoms with van der Waals surface area (Å²) in [5, 5.41) is 11.3. The van der Waals surface area contributed by atoms with Gasteiger partial charge in [0.05, 0.1) is 17.2 Å². The molecule has 1 N–H and O–H groups in total. The lowest BCUT2D eigenvalue weighted by atomic mass is 9.94. The van der Waals surface area contributed by atoms with Crippen molar-refractivity contribution in [2.75, 3.05) is 18.1 Å². The maximum Gasteiger partial charge on any atom is 0.416 e. The van der Waals surface area contributed by atoms with Crippen LogP contribution in [0.15, 0.2) is 72.3 Å². The molecule has 1 unspecified atom stereocenters. The number of Topliss-reactive ketones (excluding diaryl/α,β-unsaturated/α-hetero) is 1. The molecule has 0 radical (unpaired) electrons. The number of rotatable bonds is 3. The monoisotopic (exact) mass is 495 g/mol. The Hall–Kier alpha value is -4.27. The molecule has 2 heterocycles. The number of hydrogen-bond acceptors (Lipinski definition) is 5. The number of nitrogens with zero attached hydrogens (tertiary/aromatic N) is 1. The predicted molar refractivity (Wildman–Crippen MR) is 125 cm³/mol. The molecule has 0 bridgehead atoms. The van der Waals surface area contributed by atoms with E-state index in [-0.39, 0.29) is 16.8 Å². The summed E-state index contributed by atoms with van der Waals surface area (Å²) in [6, 6.07) is 14.5. The van der Waals surface area contributed by atoms with Crippen molar-refractivity contribution in [2.24, 2.45) is 0 Å². The molecule has 0 spiro atoms. The molecule has 3 aromatic rings. The number of carbonyl (C=O) groups excluding carboxylic acids is 2. The van der Waals surface area contributed by atoms with E-state index in [0.29, 0.717) is 30.3 Å². The maximum absolute atomic E-state index is 13.4. The van der Waals surface area contributed by atoms with Crippen LogP contribution in [0.4, 0.5) is 18.9 Å². The number of carbonyl (C=O) groups is 2. The number of fused-ring (bicyclic) bond motifs is 1. The molecule has 0 aromatic heterocycles. The Kier molecular flexibility index (Phi) is 5.70. The number of aryl methyl sites for hydroxylation is 1. The first kappa shape index (κ1) is 23.5. The first-order chi connectivity index (χ1) is 17.1. The Bertz CT molecular complexity index is 1410. The molecule has 9 heteroatoms. The minimum Gasteiger partial charge on any atom is -0.507 e. The fraction of sp³-hybridized carbons (Fsp3) is 0.185. The molecule has 3 aromatic carbocycles. The van der Waals surface area contributed by atoms with E-state index in [2.05, 4.69) is 0 Å². The number of aliphatic hydroxyl groups excluding tert-OH is 1. The Morgan fingerprint density at radius 1 is 0.944 bits per heavy atom. The minimum atomic E-state index is -4.65. The van der Waals surface area contributed by atoms with Gasteiger partial charge >= 0.3 is 6.18 Å². The normalized spacial score (nSPS) is 19.0. The van der Waals surface area contributed by atoms with Gasteiger partial charge in [0, 0.05) is 11.3 Å². The van der Waals surface area contributed by atoms with Crippen LogP contribution in [0.5, 0.6) is 11.5 Å². The van der Waals surface area contributed by atoms with Crippen LogP contribution < -0.4 is 14.4 Å². The number of benzene rings is 3. The van der Waals surface area contributed by atoms with Gasteiger partial charge in [0.25, 0.3) is 11.7 Å². The van der Waals surface area contributed by atoms with E-state index in [1.165, 1.54) is 24.3 Å². The van der Waals surface area contributed by atoms with E-state index in [4.69, 9.17) is 9.47 Å². The van der Waals surface area contributed by atoms with E-state index < -0.39 is 35.2 Å². The summed E-state index contributed by atoms with van der Waals surface area (Å²) in [4.78, 5) is 27.5. The van der Waals surface area contributed by atoms with Crippen LogP contribution in [0.1, 0.15) is 28.3 Å². The van der Waals surface area contributed by atoms with Crippen LogP contribution in [-0.4, -0.2) is 30.0 Å². The molecule has 0 aliphatic carbocycles. The fourth-order valence-corrected chi connectivity index (χ4v) is 4.43. The molecule has 2 aliphatic rings. The highest BCUT2D eigenvalue weighted by molar-refractivity contribution is 6.51. The zero-order valence-corrected chi connectivity index (χ0v) is 19.0. The summed E-state index contributed by atoms with van der Waals surface area (Å²) >= 11 is 0. The largest absolute Gasteiger partial charge is 0.507 e. The van der Waals surface area contributed by atoms with Gasteiger partial charge in [-0.05, 0) is 48.9 Å². The van der Waals surface area contributed by atoms with Gasteiger partial charge in [0.15, 0.2) is 11.5 Å². The summed E-state index contributed by atoms with van der Waals surface area (Å²) in [5.41, 5.74) is 0.169. The van der Waals surface area contributed by atoms with E-state index in [1.54, 1.807) is 37.3 Å². The Labute approximate surface area is 204 Å². The highest BCUT2D eigenvalue weighted by atomic mass is 19.4. The molecule has 6 nitrogen and oxygen atoms in total. The van der Waals surface area contributed by atoms with Crippen LogP contribution >= 0.6 is 0 Å². The smallest absolute Gasteiger partial charge is 0.416 e. The molecule has 0 saturated carbocycles. The fourth-order valence-electron chi connectivity index (χ4n) is 4.43. The first-order valence-corrected chi connectivity index (χ1v) is 11.1. The average Bonchev–Trinajstić information content (AvgIpc) is 3.13. The third-order valence-corrected chi connectivity index (χ3v) is 6.07. The van der Waals surface area contributed by atoms with Gasteiger partial charge < -0.3 is 14.6 Å². The molecule has 1 amide bonds. The Morgan fingerprint density at radius 3 is 2.39 bits per heavy atom. The number of ketones is 1. The van der Waals surface area contributed by atoms with Gasteiger partial charge in [-0.3, -0.25) is 14.5 Å². The van der Waals surface area contributed by atoms with Crippen molar-refractivity contribution in [3.8, 4) is 11.5 Å². The van der Waals surface area contributed by atoms with Crippen molar-refractivity contribution in [3.63, 3.8) is 0 Å². The Morgan fingerprint density at radius 2 is 1.67 bits per heavy atom. The second kappa shape index (κ2) is 8.75. The number of aliphatic hydroxyl groups is 1. The molecule has 5 rings (SSSR count). The van der Waals surface area contributed by atoms with Gasteiger partial charge in [0.2, 0.25) is 0 Å². The van der Waals surface area contributed by atoms with Crippen molar-refractivity contribution < 1.29 is 37.3 Å². The zero-order chi connectivity index (χ0) is 25.6. The predicted octanol–water partition coefficient (Wildman–Crippen LogP) is 5.41. The molecule has 1 fully saturated rings. The highest BCUT2D eigenvalue weighted by Gasteiger charge is 2.47. The van der Waals surface area contributed by atoms with E-state index in [1.807, 2.05) is 0 Å². The van der Waals surface area contributed by atoms with Crippen molar-refractivity contribution in [2.45, 2.75) is 19.1 Å². The van der Waals surface area contributed by atoms with Gasteiger partial charge in [-0.1, -0.05) is 35.9 Å². The molecule has 2 aliphatic heterocycles. The minimum absolute atomic E-state index is 0.111. The topological polar surface area (TPSA) is 76.1 Å². The van der Waals surface area contributed by atoms with Crippen LogP contribution in [0.3, 0.4) is 0 Å². The van der Waals surface area contributed by atoms with Crippen molar-refractivity contribution in [1.82, 2.24) is 0 Å². The summed E-state index contributed by atoms with van der Waals surface area (Å²) in [7, 11) is 0. The van der Waals surface area contributed by atoms with Crippen LogP contribution in [-0.2, 0) is 15.8 Å². The number of anilines is 1. The number of hydrogen-bond donors (Lipinski definition) is 1. The SMILES string of the molecule is Cc1cccc(C2/C(=C(/O)c3ccc4c(c3)OCCO4)C(=O)C(=O)N2c2cccc(C(F)(F)F)c2)c1. The summed E-state index contributed by atoms with van der Waals surface area (Å²) in [6.07, 6.45) is -4.65. The molecule has 36 heavy (non-hydrogen) atoms. The summed E-state index contributed by atoms with van der Waals surface area (Å²) < 4.78 is 51.3. The standard InChI is InChI=1S/C27H20F3NO5/c1-15-4-2-5-16(12-15)23-22(24(32)17-8-9-20-21(13-17)36-11-10-35-20)25(33)26(34)31(23)19-7-3-6-18(14-19)27(28,29)30/h2-9,12-14,23,32H,10-11H2,1H3/b24-22-. The van der Waals surface area contributed by atoms with E-state index >= 15 is 0 Å². The van der Waals surface area contributed by atoms with E-state index in [0.717, 1.165) is 22.6 Å². The lowest BCUT2D eigenvalue weighted by Gasteiger charge is -2.26. The molecular formula is C27H20F3NO5. The number of halogens is 3. The van der Waals surface area contributed by atoms with Crippen LogP contribution in [0, 0.1) is 6.92 Å². The lowest BCUT2D eigenvalue weighted by Crippen LogP contribution is -2.29. The maximum atomic E-state index is 13.4. The molecular weight excluding hydrogens is 475 g/mol. The van der Waals surface area contributed by atoms with Crippen molar-refractivity contribution >= 4 is 23.1 Å². The zero-order valence-electron chi connectivity index (χ0n) is 19.0. The van der Waals surface area contributed by atoms with Gasteiger partial charge in [0.1, 0.15) is 19.0 Å². The summed E-state index contributed by atoms with van der Waals surface area (Å²) in [5.74, 6) is -1.68. The van der Waals surface area contributed by atoms with Crippen LogP contribution in [0.25, 0.3) is 5.76 Å². The number of amides is 1. The Balaban J connectivity index is 1.70. The van der Waals surface area contributed by atoms with Crippen molar-refractivity contribution in [3.05, 3.63) is 94.6 Å². The molecule has 184 valence electrons. The number of alkyl halides is 3. The van der Waals surface area contributed by atoms with Crippen LogP contribution in [0.2, 0.25) is 0 Å². The summed E-state index contributed by atoms with van der Waals surface area (Å²) in [6.45, 7) is 2.48. The molecule has 1 atom stereocenters. The lowest BCUT2D eigenvalue weighted by molar-refractivity contribution is -0.137. The number of ether oxygens (including phenoxy) is 2. The van der Waals surface area contributed by atoms with Crippen molar-refractivity contribution in [1.29, 1.82) is 0 Å². The van der Waals surface area contributed by atoms with E-state index in [9.17, 15) is 27.9 Å². The quantitative estimate of drug-likeness (QED) is 0.299. The first-order valence-electron chi connectivity index (χ1n) is 11.1. The third-order valence-electron chi connectivity index (χ3n) is 6.07. The van der Waals surface area contributed by atoms with Gasteiger partial charge in [-0.25, -0.2) is 0 Å². The second-order valence-electron chi connectivity index (χ2n) is 8.49. The third kappa shape index (κ3) is 4.06. The highest BCUT2D eigenvalue weighted by Crippen LogP contribution is 2.44. The molecule has 1 saturated heterocycles.